The average molecular weight is 393 g/mol. The van der Waals surface area contributed by atoms with E-state index in [-0.39, 0.29) is 5.91 Å². The van der Waals surface area contributed by atoms with Gasteiger partial charge < -0.3 is 14.5 Å². The normalized spacial score (nSPS) is 15.7. The van der Waals surface area contributed by atoms with Crippen LogP contribution in [0, 0.1) is 0 Å². The molecule has 2 aromatic rings. The molecule has 1 saturated heterocycles. The van der Waals surface area contributed by atoms with E-state index in [2.05, 4.69) is 11.9 Å². The van der Waals surface area contributed by atoms with Crippen molar-refractivity contribution in [3.63, 3.8) is 0 Å². The zero-order chi connectivity index (χ0) is 18.7. The lowest BCUT2D eigenvalue weighted by atomic mass is 10.0. The van der Waals surface area contributed by atoms with Crippen LogP contribution in [0.4, 0.5) is 0 Å². The third kappa shape index (κ3) is 4.32. The van der Waals surface area contributed by atoms with E-state index in [0.29, 0.717) is 33.1 Å². The summed E-state index contributed by atoms with van der Waals surface area (Å²) < 4.78 is 5.77. The van der Waals surface area contributed by atoms with E-state index in [1.807, 2.05) is 11.9 Å². The minimum atomic E-state index is 0.0342. The zero-order valence-electron chi connectivity index (χ0n) is 14.9. The molecule has 2 aromatic carbocycles. The van der Waals surface area contributed by atoms with Crippen LogP contribution in [-0.4, -0.2) is 48.9 Å². The van der Waals surface area contributed by atoms with Crippen LogP contribution in [0.25, 0.3) is 0 Å². The first kappa shape index (κ1) is 19.0. The molecule has 3 rings (SSSR count). The van der Waals surface area contributed by atoms with Crippen LogP contribution in [0.1, 0.15) is 23.2 Å². The van der Waals surface area contributed by atoms with Gasteiger partial charge in [-0.3, -0.25) is 4.79 Å². The minimum absolute atomic E-state index is 0.0342. The Labute approximate surface area is 164 Å². The van der Waals surface area contributed by atoms with Gasteiger partial charge in [0.15, 0.2) is 0 Å². The van der Waals surface area contributed by atoms with E-state index >= 15 is 0 Å². The van der Waals surface area contributed by atoms with Crippen molar-refractivity contribution >= 4 is 29.1 Å². The summed E-state index contributed by atoms with van der Waals surface area (Å²) in [7, 11) is 4.00. The molecule has 1 fully saturated rings. The lowest BCUT2D eigenvalue weighted by Gasteiger charge is -2.35. The Hall–Kier alpha value is -1.75. The quantitative estimate of drug-likeness (QED) is 0.737. The molecule has 6 heteroatoms. The molecular weight excluding hydrogens is 371 g/mol. The molecule has 1 heterocycles. The van der Waals surface area contributed by atoms with Gasteiger partial charge in [-0.1, -0.05) is 29.3 Å². The first-order chi connectivity index (χ1) is 12.5. The summed E-state index contributed by atoms with van der Waals surface area (Å²) in [4.78, 5) is 16.9. The Morgan fingerprint density at radius 1 is 1.12 bits per heavy atom. The van der Waals surface area contributed by atoms with Crippen LogP contribution in [0.15, 0.2) is 42.5 Å². The van der Waals surface area contributed by atoms with Crippen molar-refractivity contribution in [3.8, 4) is 11.5 Å². The van der Waals surface area contributed by atoms with Gasteiger partial charge >= 0.3 is 0 Å². The average Bonchev–Trinajstić information content (AvgIpc) is 2.65. The van der Waals surface area contributed by atoms with Gasteiger partial charge in [-0.15, -0.1) is 0 Å². The van der Waals surface area contributed by atoms with Gasteiger partial charge in [0.1, 0.15) is 16.5 Å². The Balaban J connectivity index is 1.67. The number of ether oxygens (including phenoxy) is 1. The third-order valence-corrected chi connectivity index (χ3v) is 5.60. The second-order valence-electron chi connectivity index (χ2n) is 6.63. The zero-order valence-corrected chi connectivity index (χ0v) is 16.4. The molecule has 0 spiro atoms. The number of carbonyl (C=O) groups excluding carboxylic acids is 1. The smallest absolute Gasteiger partial charge is 0.253 e. The van der Waals surface area contributed by atoms with Gasteiger partial charge in [-0.25, -0.2) is 0 Å². The summed E-state index contributed by atoms with van der Waals surface area (Å²) in [6, 6.07) is 12.6. The van der Waals surface area contributed by atoms with Crippen LogP contribution >= 0.6 is 23.2 Å². The first-order valence-corrected chi connectivity index (χ1v) is 9.39. The highest BCUT2D eigenvalue weighted by Gasteiger charge is 2.24. The van der Waals surface area contributed by atoms with Gasteiger partial charge in [0.25, 0.3) is 5.91 Å². The molecule has 0 aromatic heterocycles. The minimum Gasteiger partial charge on any atom is -0.456 e. The van der Waals surface area contributed by atoms with Crippen molar-refractivity contribution in [2.75, 3.05) is 27.2 Å². The van der Waals surface area contributed by atoms with Gasteiger partial charge in [0.05, 0.1) is 5.02 Å². The van der Waals surface area contributed by atoms with Crippen molar-refractivity contribution in [2.24, 2.45) is 0 Å². The fourth-order valence-electron chi connectivity index (χ4n) is 3.11. The van der Waals surface area contributed by atoms with Crippen LogP contribution in [-0.2, 0) is 0 Å². The van der Waals surface area contributed by atoms with Crippen molar-refractivity contribution in [1.29, 1.82) is 0 Å². The maximum atomic E-state index is 12.7. The van der Waals surface area contributed by atoms with Crippen LogP contribution in [0.2, 0.25) is 10.0 Å². The Kier molecular flexibility index (Phi) is 6.07. The molecule has 138 valence electrons. The number of amides is 1. The fourth-order valence-corrected chi connectivity index (χ4v) is 3.44. The predicted molar refractivity (Wildman–Crippen MR) is 106 cm³/mol. The van der Waals surface area contributed by atoms with E-state index in [4.69, 9.17) is 27.9 Å². The van der Waals surface area contributed by atoms with Crippen LogP contribution < -0.4 is 4.74 Å². The number of piperidine rings is 1. The summed E-state index contributed by atoms with van der Waals surface area (Å²) in [5, 5.41) is 0.812. The van der Waals surface area contributed by atoms with E-state index in [1.165, 1.54) is 0 Å². The molecule has 26 heavy (non-hydrogen) atoms. The van der Waals surface area contributed by atoms with Crippen LogP contribution in [0.5, 0.6) is 11.5 Å². The molecule has 0 N–H and O–H groups in total. The summed E-state index contributed by atoms with van der Waals surface area (Å²) >= 11 is 12.1. The van der Waals surface area contributed by atoms with E-state index < -0.39 is 0 Å². The number of hydrogen-bond acceptors (Lipinski definition) is 3. The van der Waals surface area contributed by atoms with Gasteiger partial charge in [-0.05, 0) is 69.4 Å². The van der Waals surface area contributed by atoms with Gasteiger partial charge in [0, 0.05) is 18.7 Å². The fraction of sp³-hybridized carbons (Fsp3) is 0.350. The second-order valence-corrected chi connectivity index (χ2v) is 7.41. The first-order valence-electron chi connectivity index (χ1n) is 8.63. The molecule has 4 nitrogen and oxygen atoms in total. The monoisotopic (exact) mass is 392 g/mol. The molecule has 1 aliphatic rings. The number of hydrogen-bond donors (Lipinski definition) is 0. The SMILES string of the molecule is CN1CCC(N(C)C(=O)c2ccc(Oc3cccc(Cl)c3Cl)cc2)CC1. The standard InChI is InChI=1S/C20H22Cl2N2O2/c1-23-12-10-15(11-13-23)24(2)20(25)14-6-8-16(9-7-14)26-18-5-3-4-17(21)19(18)22/h3-9,15H,10-13H2,1-2H3. The van der Waals surface area contributed by atoms with Gasteiger partial charge in [0.2, 0.25) is 0 Å². The maximum Gasteiger partial charge on any atom is 0.253 e. The van der Waals surface area contributed by atoms with E-state index in [9.17, 15) is 4.79 Å². The topological polar surface area (TPSA) is 32.8 Å². The number of benzene rings is 2. The van der Waals surface area contributed by atoms with Gasteiger partial charge in [-0.2, -0.15) is 0 Å². The molecular formula is C20H22Cl2N2O2. The number of rotatable bonds is 4. The summed E-state index contributed by atoms with van der Waals surface area (Å²) in [6.07, 6.45) is 2.01. The largest absolute Gasteiger partial charge is 0.456 e. The maximum absolute atomic E-state index is 12.7. The highest BCUT2D eigenvalue weighted by Crippen LogP contribution is 2.34. The van der Waals surface area contributed by atoms with Crippen molar-refractivity contribution < 1.29 is 9.53 Å². The summed E-state index contributed by atoms with van der Waals surface area (Å²) in [5.41, 5.74) is 0.649. The molecule has 0 bridgehead atoms. The molecule has 1 aliphatic heterocycles. The molecule has 0 saturated carbocycles. The molecule has 0 aliphatic carbocycles. The highest BCUT2D eigenvalue weighted by molar-refractivity contribution is 6.42. The molecule has 0 radical (unpaired) electrons. The Morgan fingerprint density at radius 3 is 2.42 bits per heavy atom. The lowest BCUT2D eigenvalue weighted by molar-refractivity contribution is 0.0659. The van der Waals surface area contributed by atoms with Crippen molar-refractivity contribution in [2.45, 2.75) is 18.9 Å². The van der Waals surface area contributed by atoms with Crippen molar-refractivity contribution in [1.82, 2.24) is 9.80 Å². The summed E-state index contributed by atoms with van der Waals surface area (Å²) in [5.74, 6) is 1.13. The van der Waals surface area contributed by atoms with Crippen LogP contribution in [0.3, 0.4) is 0 Å². The van der Waals surface area contributed by atoms with Crippen molar-refractivity contribution in [3.05, 3.63) is 58.1 Å². The number of halogens is 2. The second kappa shape index (κ2) is 8.30. The predicted octanol–water partition coefficient (Wildman–Crippen LogP) is 4.95. The van der Waals surface area contributed by atoms with E-state index in [1.54, 1.807) is 42.5 Å². The number of carbonyl (C=O) groups is 1. The number of nitrogens with zero attached hydrogens (tertiary/aromatic N) is 2. The molecule has 0 atom stereocenters. The Bertz CT molecular complexity index is 772. The molecule has 1 amide bonds. The lowest BCUT2D eigenvalue weighted by Crippen LogP contribution is -2.44. The molecule has 0 unspecified atom stereocenters. The summed E-state index contributed by atoms with van der Waals surface area (Å²) in [6.45, 7) is 2.05. The van der Waals surface area contributed by atoms with E-state index in [0.717, 1.165) is 25.9 Å². The number of likely N-dealkylation sites (tertiary alicyclic amines) is 1. The Morgan fingerprint density at radius 2 is 1.77 bits per heavy atom. The highest BCUT2D eigenvalue weighted by atomic mass is 35.5. The third-order valence-electron chi connectivity index (χ3n) is 4.80.